The molecular formula is C20H21N3O3S. The summed E-state index contributed by atoms with van der Waals surface area (Å²) in [5, 5.41) is 14.5. The Morgan fingerprint density at radius 3 is 2.78 bits per heavy atom. The minimum atomic E-state index is -0.552. The summed E-state index contributed by atoms with van der Waals surface area (Å²) < 4.78 is 4.82. The molecule has 0 aliphatic rings. The van der Waals surface area contributed by atoms with Crippen LogP contribution in [0.2, 0.25) is 0 Å². The van der Waals surface area contributed by atoms with Gasteiger partial charge < -0.3 is 10.1 Å². The Hall–Kier alpha value is -2.98. The second-order valence-electron chi connectivity index (χ2n) is 5.50. The van der Waals surface area contributed by atoms with Crippen LogP contribution in [-0.4, -0.2) is 30.9 Å². The molecule has 0 aromatic heterocycles. The Balaban J connectivity index is 1.77. The first-order valence-corrected chi connectivity index (χ1v) is 9.67. The third-order valence-corrected chi connectivity index (χ3v) is 4.58. The van der Waals surface area contributed by atoms with E-state index in [1.807, 2.05) is 18.2 Å². The second-order valence-corrected chi connectivity index (χ2v) is 6.61. The van der Waals surface area contributed by atoms with Crippen molar-refractivity contribution in [2.75, 3.05) is 24.2 Å². The maximum Gasteiger partial charge on any atom is 0.411 e. The highest BCUT2D eigenvalue weighted by Gasteiger charge is 2.08. The van der Waals surface area contributed by atoms with Crippen molar-refractivity contribution >= 4 is 29.4 Å². The second kappa shape index (κ2) is 10.9. The summed E-state index contributed by atoms with van der Waals surface area (Å²) in [4.78, 5) is 23.7. The van der Waals surface area contributed by atoms with Gasteiger partial charge in [-0.05, 0) is 36.8 Å². The van der Waals surface area contributed by atoms with Gasteiger partial charge >= 0.3 is 6.09 Å². The van der Waals surface area contributed by atoms with Crippen molar-refractivity contribution in [3.63, 3.8) is 0 Å². The van der Waals surface area contributed by atoms with E-state index in [2.05, 4.69) is 16.7 Å². The number of nitrogens with one attached hydrogen (secondary N) is 2. The average molecular weight is 383 g/mol. The molecule has 0 radical (unpaired) electrons. The molecule has 6 nitrogen and oxygen atoms in total. The highest BCUT2D eigenvalue weighted by molar-refractivity contribution is 7.98. The number of anilines is 1. The standard InChI is InChI=1S/C20H21N3O3S/c1-2-26-20(25)23-18-9-5-8-15(12-18)19(24)22-10-11-27-14-17-7-4-3-6-16(17)13-21/h3-9,12H,2,10-11,14H2,1H3,(H,22,24)(H,23,25). The summed E-state index contributed by atoms with van der Waals surface area (Å²) in [7, 11) is 0. The monoisotopic (exact) mass is 383 g/mol. The summed E-state index contributed by atoms with van der Waals surface area (Å²) in [6.45, 7) is 2.51. The smallest absolute Gasteiger partial charge is 0.411 e. The minimum absolute atomic E-state index is 0.208. The van der Waals surface area contributed by atoms with Crippen molar-refractivity contribution < 1.29 is 14.3 Å². The number of carbonyl (C=O) groups is 2. The van der Waals surface area contributed by atoms with Crippen LogP contribution >= 0.6 is 11.8 Å². The molecule has 0 fully saturated rings. The van der Waals surface area contributed by atoms with Crippen molar-refractivity contribution in [1.29, 1.82) is 5.26 Å². The van der Waals surface area contributed by atoms with Gasteiger partial charge in [-0.2, -0.15) is 17.0 Å². The SMILES string of the molecule is CCOC(=O)Nc1cccc(C(=O)NCCSCc2ccccc2C#N)c1. The zero-order chi connectivity index (χ0) is 19.5. The molecule has 0 aliphatic heterocycles. The molecule has 2 aromatic rings. The molecule has 0 heterocycles. The van der Waals surface area contributed by atoms with Crippen LogP contribution in [0.1, 0.15) is 28.4 Å². The van der Waals surface area contributed by atoms with E-state index < -0.39 is 6.09 Å². The number of carbonyl (C=O) groups excluding carboxylic acids is 2. The Kier molecular flexibility index (Phi) is 8.20. The molecule has 0 spiro atoms. The van der Waals surface area contributed by atoms with E-state index >= 15 is 0 Å². The van der Waals surface area contributed by atoms with Crippen molar-refractivity contribution in [2.24, 2.45) is 0 Å². The third kappa shape index (κ3) is 6.68. The van der Waals surface area contributed by atoms with Gasteiger partial charge in [0.2, 0.25) is 0 Å². The van der Waals surface area contributed by atoms with E-state index in [9.17, 15) is 9.59 Å². The van der Waals surface area contributed by atoms with Gasteiger partial charge in [-0.1, -0.05) is 24.3 Å². The van der Waals surface area contributed by atoms with E-state index in [1.165, 1.54) is 0 Å². The summed E-state index contributed by atoms with van der Waals surface area (Å²) in [5.74, 6) is 1.24. The van der Waals surface area contributed by atoms with Crippen LogP contribution in [0.15, 0.2) is 48.5 Å². The number of hydrogen-bond donors (Lipinski definition) is 2. The molecule has 7 heteroatoms. The molecule has 0 unspecified atom stereocenters. The van der Waals surface area contributed by atoms with Crippen LogP contribution in [-0.2, 0) is 10.5 Å². The van der Waals surface area contributed by atoms with Crippen LogP contribution in [0.25, 0.3) is 0 Å². The highest BCUT2D eigenvalue weighted by Crippen LogP contribution is 2.16. The fraction of sp³-hybridized carbons (Fsp3) is 0.250. The number of nitriles is 1. The van der Waals surface area contributed by atoms with Crippen LogP contribution in [0.3, 0.4) is 0 Å². The minimum Gasteiger partial charge on any atom is -0.450 e. The van der Waals surface area contributed by atoms with Crippen LogP contribution in [0.4, 0.5) is 10.5 Å². The first-order valence-electron chi connectivity index (χ1n) is 8.51. The maximum absolute atomic E-state index is 12.2. The number of rotatable bonds is 8. The Bertz CT molecular complexity index is 833. The molecule has 2 rings (SSSR count). The fourth-order valence-corrected chi connectivity index (χ4v) is 3.16. The first kappa shape index (κ1) is 20.3. The Morgan fingerprint density at radius 2 is 2.00 bits per heavy atom. The van der Waals surface area contributed by atoms with E-state index in [0.29, 0.717) is 23.4 Å². The molecule has 2 N–H and O–H groups in total. The molecule has 0 saturated heterocycles. The number of amides is 2. The Labute approximate surface area is 162 Å². The van der Waals surface area contributed by atoms with Crippen molar-refractivity contribution in [3.8, 4) is 6.07 Å². The number of ether oxygens (including phenoxy) is 1. The van der Waals surface area contributed by atoms with Gasteiger partial charge in [0, 0.05) is 29.3 Å². The van der Waals surface area contributed by atoms with Crippen molar-refractivity contribution in [3.05, 3.63) is 65.2 Å². The maximum atomic E-state index is 12.2. The van der Waals surface area contributed by atoms with Gasteiger partial charge in [-0.25, -0.2) is 4.79 Å². The van der Waals surface area contributed by atoms with Gasteiger partial charge in [-0.3, -0.25) is 10.1 Å². The summed E-state index contributed by atoms with van der Waals surface area (Å²) in [6.07, 6.45) is -0.552. The fourth-order valence-electron chi connectivity index (χ4n) is 2.30. The molecule has 2 amide bonds. The van der Waals surface area contributed by atoms with Crippen LogP contribution < -0.4 is 10.6 Å². The van der Waals surface area contributed by atoms with Gasteiger partial charge in [0.25, 0.3) is 5.91 Å². The van der Waals surface area contributed by atoms with Crippen LogP contribution in [0.5, 0.6) is 0 Å². The number of hydrogen-bond acceptors (Lipinski definition) is 5. The molecule has 0 atom stereocenters. The quantitative estimate of drug-likeness (QED) is 0.677. The number of thioether (sulfide) groups is 1. The lowest BCUT2D eigenvalue weighted by atomic mass is 10.1. The Morgan fingerprint density at radius 1 is 1.19 bits per heavy atom. The zero-order valence-electron chi connectivity index (χ0n) is 15.0. The van der Waals surface area contributed by atoms with Gasteiger partial charge in [0.1, 0.15) is 0 Å². The first-order chi connectivity index (χ1) is 13.1. The van der Waals surface area contributed by atoms with Gasteiger partial charge in [0.15, 0.2) is 0 Å². The third-order valence-electron chi connectivity index (χ3n) is 3.57. The lowest BCUT2D eigenvalue weighted by molar-refractivity contribution is 0.0956. The largest absolute Gasteiger partial charge is 0.450 e. The highest BCUT2D eigenvalue weighted by atomic mass is 32.2. The topological polar surface area (TPSA) is 91.2 Å². The van der Waals surface area contributed by atoms with E-state index in [-0.39, 0.29) is 12.5 Å². The number of nitrogens with zero attached hydrogens (tertiary/aromatic N) is 1. The van der Waals surface area contributed by atoms with Gasteiger partial charge in [0.05, 0.1) is 18.2 Å². The summed E-state index contributed by atoms with van der Waals surface area (Å²) >= 11 is 1.65. The van der Waals surface area contributed by atoms with Crippen molar-refractivity contribution in [1.82, 2.24) is 5.32 Å². The molecule has 0 bridgehead atoms. The van der Waals surface area contributed by atoms with Crippen LogP contribution in [0, 0.1) is 11.3 Å². The average Bonchev–Trinajstić information content (AvgIpc) is 2.68. The zero-order valence-corrected chi connectivity index (χ0v) is 15.8. The summed E-state index contributed by atoms with van der Waals surface area (Å²) in [6, 6.07) is 16.3. The predicted molar refractivity (Wildman–Crippen MR) is 107 cm³/mol. The normalized spacial score (nSPS) is 9.93. The number of benzene rings is 2. The van der Waals surface area contributed by atoms with Gasteiger partial charge in [-0.15, -0.1) is 0 Å². The lowest BCUT2D eigenvalue weighted by Crippen LogP contribution is -2.26. The molecule has 0 saturated carbocycles. The van der Waals surface area contributed by atoms with E-state index in [0.717, 1.165) is 17.1 Å². The summed E-state index contributed by atoms with van der Waals surface area (Å²) in [5.41, 5.74) is 2.64. The van der Waals surface area contributed by atoms with Crippen molar-refractivity contribution in [2.45, 2.75) is 12.7 Å². The molecule has 2 aromatic carbocycles. The molecular weight excluding hydrogens is 362 g/mol. The predicted octanol–water partition coefficient (Wildman–Crippen LogP) is 3.79. The lowest BCUT2D eigenvalue weighted by Gasteiger charge is -2.08. The molecule has 0 aliphatic carbocycles. The van der Waals surface area contributed by atoms with E-state index in [1.54, 1.807) is 49.0 Å². The molecule has 140 valence electrons. The molecule has 27 heavy (non-hydrogen) atoms. The van der Waals surface area contributed by atoms with E-state index in [4.69, 9.17) is 10.00 Å².